The van der Waals surface area contributed by atoms with Crippen molar-refractivity contribution < 1.29 is 9.90 Å². The topological polar surface area (TPSA) is 81.1 Å². The third kappa shape index (κ3) is 2.45. The van der Waals surface area contributed by atoms with E-state index in [2.05, 4.69) is 5.10 Å². The van der Waals surface area contributed by atoms with Crippen LogP contribution in [0.1, 0.15) is 36.8 Å². The predicted octanol–water partition coefficient (Wildman–Crippen LogP) is 2.45. The monoisotopic (exact) mass is 259 g/mol. The van der Waals surface area contributed by atoms with E-state index in [4.69, 9.17) is 5.73 Å². The number of nitrogens with zero attached hydrogens (tertiary/aromatic N) is 2. The van der Waals surface area contributed by atoms with E-state index in [0.29, 0.717) is 11.5 Å². The quantitative estimate of drug-likeness (QED) is 0.868. The smallest absolute Gasteiger partial charge is 0.337 e. The average molecular weight is 259 g/mol. The largest absolute Gasteiger partial charge is 0.478 e. The van der Waals surface area contributed by atoms with Gasteiger partial charge in [-0.1, -0.05) is 32.9 Å². The number of carboxylic acids is 1. The molecule has 0 radical (unpaired) electrons. The van der Waals surface area contributed by atoms with Crippen molar-refractivity contribution in [3.8, 4) is 5.69 Å². The first-order valence-electron chi connectivity index (χ1n) is 5.99. The number of aromatic nitrogens is 2. The van der Waals surface area contributed by atoms with Crippen LogP contribution in [-0.4, -0.2) is 20.9 Å². The van der Waals surface area contributed by atoms with Gasteiger partial charge in [0.2, 0.25) is 0 Å². The van der Waals surface area contributed by atoms with Gasteiger partial charge in [-0.3, -0.25) is 0 Å². The Bertz CT molecular complexity index is 624. The van der Waals surface area contributed by atoms with E-state index in [1.165, 1.54) is 10.7 Å². The summed E-state index contributed by atoms with van der Waals surface area (Å²) in [5.41, 5.74) is 7.28. The molecule has 19 heavy (non-hydrogen) atoms. The number of hydrogen-bond donors (Lipinski definition) is 2. The first-order valence-corrected chi connectivity index (χ1v) is 5.99. The summed E-state index contributed by atoms with van der Waals surface area (Å²) in [7, 11) is 0. The van der Waals surface area contributed by atoms with Gasteiger partial charge < -0.3 is 10.8 Å². The molecule has 5 heteroatoms. The van der Waals surface area contributed by atoms with Crippen LogP contribution in [0.5, 0.6) is 0 Å². The summed E-state index contributed by atoms with van der Waals surface area (Å²) in [6, 6.07) is 8.45. The molecule has 3 N–H and O–H groups in total. The number of para-hydroxylation sites is 1. The number of aromatic carboxylic acids is 1. The molecule has 0 aliphatic rings. The lowest BCUT2D eigenvalue weighted by Crippen LogP contribution is -2.13. The van der Waals surface area contributed by atoms with E-state index < -0.39 is 5.97 Å². The number of nitrogen functional groups attached to an aromatic ring is 1. The summed E-state index contributed by atoms with van der Waals surface area (Å²) < 4.78 is 1.48. The zero-order valence-corrected chi connectivity index (χ0v) is 11.2. The summed E-state index contributed by atoms with van der Waals surface area (Å²) in [4.78, 5) is 11.2. The van der Waals surface area contributed by atoms with Crippen LogP contribution in [0.25, 0.3) is 5.69 Å². The van der Waals surface area contributed by atoms with Crippen LogP contribution in [0, 0.1) is 0 Å². The average Bonchev–Trinajstić information content (AvgIpc) is 2.71. The molecule has 2 aromatic rings. The molecule has 0 fully saturated rings. The molecule has 100 valence electrons. The third-order valence-electron chi connectivity index (χ3n) is 2.87. The highest BCUT2D eigenvalue weighted by molar-refractivity contribution is 5.92. The van der Waals surface area contributed by atoms with Gasteiger partial charge in [0.05, 0.1) is 16.9 Å². The highest BCUT2D eigenvalue weighted by Crippen LogP contribution is 2.25. The molecular formula is C14H17N3O2. The number of carbonyl (C=O) groups is 1. The Morgan fingerprint density at radius 1 is 1.32 bits per heavy atom. The highest BCUT2D eigenvalue weighted by atomic mass is 16.4. The maximum Gasteiger partial charge on any atom is 0.337 e. The first-order chi connectivity index (χ1) is 8.80. The van der Waals surface area contributed by atoms with Crippen LogP contribution in [0.4, 0.5) is 5.82 Å². The van der Waals surface area contributed by atoms with Crippen molar-refractivity contribution in [1.82, 2.24) is 9.78 Å². The Balaban J connectivity index is 2.60. The number of rotatable bonds is 2. The lowest BCUT2D eigenvalue weighted by Gasteiger charge is -2.14. The van der Waals surface area contributed by atoms with Crippen molar-refractivity contribution in [3.63, 3.8) is 0 Å². The fourth-order valence-corrected chi connectivity index (χ4v) is 1.79. The van der Waals surface area contributed by atoms with Gasteiger partial charge in [0.25, 0.3) is 0 Å². The SMILES string of the molecule is CC(C)(C)c1cc(N)n(-c2ccccc2C(=O)O)n1. The molecule has 0 saturated carbocycles. The standard InChI is InChI=1S/C14H17N3O2/c1-14(2,3)11-8-12(15)17(16-11)10-7-5-4-6-9(10)13(18)19/h4-8H,15H2,1-3H3,(H,18,19). The summed E-state index contributed by atoms with van der Waals surface area (Å²) in [5, 5.41) is 13.6. The maximum absolute atomic E-state index is 11.2. The van der Waals surface area contributed by atoms with Gasteiger partial charge in [0.15, 0.2) is 0 Å². The second kappa shape index (κ2) is 4.42. The van der Waals surface area contributed by atoms with Crippen molar-refractivity contribution in [1.29, 1.82) is 0 Å². The van der Waals surface area contributed by atoms with E-state index in [9.17, 15) is 9.90 Å². The minimum Gasteiger partial charge on any atom is -0.478 e. The fraction of sp³-hybridized carbons (Fsp3) is 0.286. The van der Waals surface area contributed by atoms with E-state index >= 15 is 0 Å². The molecule has 0 spiro atoms. The molecule has 1 aromatic heterocycles. The normalized spacial score (nSPS) is 11.5. The molecular weight excluding hydrogens is 242 g/mol. The van der Waals surface area contributed by atoms with Crippen LogP contribution >= 0.6 is 0 Å². The zero-order valence-electron chi connectivity index (χ0n) is 11.2. The number of hydrogen-bond acceptors (Lipinski definition) is 3. The van der Waals surface area contributed by atoms with Crippen LogP contribution in [-0.2, 0) is 5.41 Å². The van der Waals surface area contributed by atoms with E-state index in [1.807, 2.05) is 20.8 Å². The van der Waals surface area contributed by atoms with Crippen molar-refractivity contribution >= 4 is 11.8 Å². The molecule has 0 amide bonds. The van der Waals surface area contributed by atoms with E-state index in [0.717, 1.165) is 5.69 Å². The zero-order chi connectivity index (χ0) is 14.2. The molecule has 2 rings (SSSR count). The number of nitrogens with two attached hydrogens (primary N) is 1. The van der Waals surface area contributed by atoms with E-state index in [-0.39, 0.29) is 11.0 Å². The second-order valence-electron chi connectivity index (χ2n) is 5.44. The first kappa shape index (κ1) is 13.1. The predicted molar refractivity (Wildman–Crippen MR) is 73.6 cm³/mol. The summed E-state index contributed by atoms with van der Waals surface area (Å²) >= 11 is 0. The number of benzene rings is 1. The Morgan fingerprint density at radius 3 is 2.47 bits per heavy atom. The van der Waals surface area contributed by atoms with Crippen LogP contribution in [0.15, 0.2) is 30.3 Å². The van der Waals surface area contributed by atoms with Crippen LogP contribution < -0.4 is 5.73 Å². The Morgan fingerprint density at radius 2 is 1.95 bits per heavy atom. The molecule has 0 atom stereocenters. The van der Waals surface area contributed by atoms with Gasteiger partial charge >= 0.3 is 5.97 Å². The van der Waals surface area contributed by atoms with Gasteiger partial charge in [-0.15, -0.1) is 0 Å². The van der Waals surface area contributed by atoms with E-state index in [1.54, 1.807) is 24.3 Å². The van der Waals surface area contributed by atoms with Crippen molar-refractivity contribution in [2.24, 2.45) is 0 Å². The van der Waals surface area contributed by atoms with Gasteiger partial charge in [-0.05, 0) is 12.1 Å². The molecule has 0 unspecified atom stereocenters. The van der Waals surface area contributed by atoms with Gasteiger partial charge in [0, 0.05) is 11.5 Å². The van der Waals surface area contributed by atoms with Gasteiger partial charge in [-0.2, -0.15) is 5.10 Å². The van der Waals surface area contributed by atoms with Crippen molar-refractivity contribution in [2.75, 3.05) is 5.73 Å². The van der Waals surface area contributed by atoms with Gasteiger partial charge in [0.1, 0.15) is 5.82 Å². The minimum absolute atomic E-state index is 0.141. The maximum atomic E-state index is 11.2. The van der Waals surface area contributed by atoms with Crippen molar-refractivity contribution in [3.05, 3.63) is 41.6 Å². The molecule has 0 bridgehead atoms. The number of carboxylic acid groups (broad SMARTS) is 1. The summed E-state index contributed by atoms with van der Waals surface area (Å²) in [6.07, 6.45) is 0. The second-order valence-corrected chi connectivity index (χ2v) is 5.44. The van der Waals surface area contributed by atoms with Gasteiger partial charge in [-0.25, -0.2) is 9.48 Å². The Kier molecular flexibility index (Phi) is 3.06. The molecule has 0 aliphatic carbocycles. The Hall–Kier alpha value is -2.30. The molecule has 0 aliphatic heterocycles. The summed E-state index contributed by atoms with van der Waals surface area (Å²) in [6.45, 7) is 6.09. The number of anilines is 1. The van der Waals surface area contributed by atoms with Crippen molar-refractivity contribution in [2.45, 2.75) is 26.2 Å². The highest BCUT2D eigenvalue weighted by Gasteiger charge is 2.21. The molecule has 1 aromatic carbocycles. The summed E-state index contributed by atoms with van der Waals surface area (Å²) in [5.74, 6) is -0.568. The third-order valence-corrected chi connectivity index (χ3v) is 2.87. The fourth-order valence-electron chi connectivity index (χ4n) is 1.79. The minimum atomic E-state index is -0.997. The molecule has 0 saturated heterocycles. The lowest BCUT2D eigenvalue weighted by atomic mass is 9.92. The Labute approximate surface area is 111 Å². The lowest BCUT2D eigenvalue weighted by molar-refractivity contribution is 0.0697. The molecule has 1 heterocycles. The van der Waals surface area contributed by atoms with Crippen LogP contribution in [0.2, 0.25) is 0 Å². The van der Waals surface area contributed by atoms with Crippen LogP contribution in [0.3, 0.4) is 0 Å². The molecule has 5 nitrogen and oxygen atoms in total.